The lowest BCUT2D eigenvalue weighted by molar-refractivity contribution is -0.126. The number of carbonyl (C=O) groups excluding carboxylic acids is 1. The highest BCUT2D eigenvalue weighted by atomic mass is 32.2. The largest absolute Gasteiger partial charge is 0.378 e. The van der Waals surface area contributed by atoms with E-state index in [1.807, 2.05) is 73.2 Å². The van der Waals surface area contributed by atoms with Gasteiger partial charge in [-0.1, -0.05) is 12.1 Å². The van der Waals surface area contributed by atoms with Gasteiger partial charge in [0.1, 0.15) is 0 Å². The van der Waals surface area contributed by atoms with E-state index in [-0.39, 0.29) is 23.3 Å². The molecular formula is C24H30N4O3S. The molecule has 0 unspecified atom stereocenters. The first kappa shape index (κ1) is 22.4. The second-order valence-electron chi connectivity index (χ2n) is 8.63. The van der Waals surface area contributed by atoms with Gasteiger partial charge in [-0.15, -0.1) is 0 Å². The van der Waals surface area contributed by atoms with Crippen LogP contribution in [0.3, 0.4) is 0 Å². The predicted octanol–water partition coefficient (Wildman–Crippen LogP) is 2.96. The molecule has 1 aliphatic rings. The van der Waals surface area contributed by atoms with E-state index in [9.17, 15) is 13.2 Å². The number of amides is 1. The number of piperidine rings is 1. The Bertz CT molecular complexity index is 1220. The summed E-state index contributed by atoms with van der Waals surface area (Å²) in [5.41, 5.74) is 3.10. The number of nitrogens with zero attached hydrogens (tertiary/aromatic N) is 3. The number of nitrogens with one attached hydrogen (secondary N) is 1. The predicted molar refractivity (Wildman–Crippen MR) is 127 cm³/mol. The van der Waals surface area contributed by atoms with Gasteiger partial charge in [-0.3, -0.25) is 4.79 Å². The monoisotopic (exact) mass is 454 g/mol. The van der Waals surface area contributed by atoms with Crippen molar-refractivity contribution >= 4 is 32.5 Å². The van der Waals surface area contributed by atoms with Crippen LogP contribution in [0.15, 0.2) is 59.6 Å². The molecule has 32 heavy (non-hydrogen) atoms. The maximum absolute atomic E-state index is 13.3. The maximum Gasteiger partial charge on any atom is 0.243 e. The molecular weight excluding hydrogens is 424 g/mol. The molecule has 0 saturated carbocycles. The van der Waals surface area contributed by atoms with Crippen LogP contribution in [0.2, 0.25) is 0 Å². The fraction of sp³-hybridized carbons (Fsp3) is 0.375. The third-order valence-corrected chi connectivity index (χ3v) is 8.03. The Morgan fingerprint density at radius 1 is 1.12 bits per heavy atom. The summed E-state index contributed by atoms with van der Waals surface area (Å²) in [5.74, 6) is -0.444. The molecule has 1 aliphatic heterocycles. The van der Waals surface area contributed by atoms with E-state index in [1.54, 1.807) is 12.1 Å². The SMILES string of the molecule is CN(C)c1ccc(CNC(=O)[C@H]2CCCN(S(=O)(=O)c3ccc4c(ccn4C)c3)C2)cc1. The molecule has 3 aromatic rings. The molecule has 0 bridgehead atoms. The zero-order valence-corrected chi connectivity index (χ0v) is 19.6. The van der Waals surface area contributed by atoms with Crippen molar-refractivity contribution in [1.82, 2.24) is 14.2 Å². The number of hydrogen-bond acceptors (Lipinski definition) is 4. The van der Waals surface area contributed by atoms with Crippen LogP contribution >= 0.6 is 0 Å². The minimum atomic E-state index is -3.65. The van der Waals surface area contributed by atoms with E-state index >= 15 is 0 Å². The molecule has 1 aromatic heterocycles. The maximum atomic E-state index is 13.3. The average molecular weight is 455 g/mol. The van der Waals surface area contributed by atoms with Gasteiger partial charge in [0.2, 0.25) is 15.9 Å². The van der Waals surface area contributed by atoms with Crippen LogP contribution in [0.4, 0.5) is 5.69 Å². The molecule has 8 heteroatoms. The Kier molecular flexibility index (Phi) is 6.26. The lowest BCUT2D eigenvalue weighted by atomic mass is 9.99. The molecule has 1 N–H and O–H groups in total. The molecule has 4 rings (SSSR count). The molecule has 2 heterocycles. The molecule has 0 spiro atoms. The Hall–Kier alpha value is -2.84. The first-order valence-electron chi connectivity index (χ1n) is 10.8. The summed E-state index contributed by atoms with van der Waals surface area (Å²) in [7, 11) is 2.25. The highest BCUT2D eigenvalue weighted by Crippen LogP contribution is 2.26. The van der Waals surface area contributed by atoms with Crippen LogP contribution in [-0.2, 0) is 28.4 Å². The second kappa shape index (κ2) is 8.96. The minimum absolute atomic E-state index is 0.0971. The number of rotatable bonds is 6. The van der Waals surface area contributed by atoms with E-state index in [1.165, 1.54) is 4.31 Å². The summed E-state index contributed by atoms with van der Waals surface area (Å²) >= 11 is 0. The van der Waals surface area contributed by atoms with Crippen molar-refractivity contribution in [2.24, 2.45) is 13.0 Å². The van der Waals surface area contributed by atoms with Crippen LogP contribution in [0, 0.1) is 5.92 Å². The molecule has 1 fully saturated rings. The molecule has 7 nitrogen and oxygen atoms in total. The van der Waals surface area contributed by atoms with Crippen molar-refractivity contribution in [3.8, 4) is 0 Å². The van der Waals surface area contributed by atoms with E-state index in [0.29, 0.717) is 25.9 Å². The summed E-state index contributed by atoms with van der Waals surface area (Å²) in [5, 5.41) is 3.87. The number of benzene rings is 2. The fourth-order valence-corrected chi connectivity index (χ4v) is 5.75. The van der Waals surface area contributed by atoms with Crippen LogP contribution in [0.1, 0.15) is 18.4 Å². The van der Waals surface area contributed by atoms with Crippen molar-refractivity contribution < 1.29 is 13.2 Å². The van der Waals surface area contributed by atoms with Gasteiger partial charge in [-0.05, 0) is 54.8 Å². The van der Waals surface area contributed by atoms with Gasteiger partial charge in [0.25, 0.3) is 0 Å². The van der Waals surface area contributed by atoms with Crippen molar-refractivity contribution in [1.29, 1.82) is 0 Å². The van der Waals surface area contributed by atoms with E-state index in [0.717, 1.165) is 22.2 Å². The van der Waals surface area contributed by atoms with Crippen molar-refractivity contribution in [2.75, 3.05) is 32.1 Å². The van der Waals surface area contributed by atoms with Crippen LogP contribution < -0.4 is 10.2 Å². The number of anilines is 1. The molecule has 1 saturated heterocycles. The summed E-state index contributed by atoms with van der Waals surface area (Å²) in [6.45, 7) is 1.08. The molecule has 1 amide bonds. The van der Waals surface area contributed by atoms with Crippen LogP contribution in [0.5, 0.6) is 0 Å². The highest BCUT2D eigenvalue weighted by Gasteiger charge is 2.33. The van der Waals surface area contributed by atoms with Crippen molar-refractivity contribution in [2.45, 2.75) is 24.3 Å². The highest BCUT2D eigenvalue weighted by molar-refractivity contribution is 7.89. The number of carbonyl (C=O) groups is 1. The fourth-order valence-electron chi connectivity index (χ4n) is 4.19. The quantitative estimate of drug-likeness (QED) is 0.622. The second-order valence-corrected chi connectivity index (χ2v) is 10.6. The number of aromatic nitrogens is 1. The van der Waals surface area contributed by atoms with E-state index < -0.39 is 10.0 Å². The lowest BCUT2D eigenvalue weighted by Gasteiger charge is -2.31. The number of aryl methyl sites for hydroxylation is 1. The molecule has 0 aliphatic carbocycles. The van der Waals surface area contributed by atoms with Gasteiger partial charge in [0.05, 0.1) is 10.8 Å². The Labute approximate surface area is 189 Å². The Morgan fingerprint density at radius 3 is 2.59 bits per heavy atom. The summed E-state index contributed by atoms with van der Waals surface area (Å²) in [6.07, 6.45) is 3.27. The van der Waals surface area contributed by atoms with Gasteiger partial charge >= 0.3 is 0 Å². The van der Waals surface area contributed by atoms with E-state index in [4.69, 9.17) is 0 Å². The summed E-state index contributed by atoms with van der Waals surface area (Å²) in [6, 6.07) is 15.1. The van der Waals surface area contributed by atoms with Crippen molar-refractivity contribution in [3.05, 3.63) is 60.3 Å². The first-order chi connectivity index (χ1) is 15.3. The smallest absolute Gasteiger partial charge is 0.243 e. The zero-order chi connectivity index (χ0) is 22.9. The number of sulfonamides is 1. The van der Waals surface area contributed by atoms with E-state index in [2.05, 4.69) is 5.32 Å². The average Bonchev–Trinajstić information content (AvgIpc) is 3.18. The van der Waals surface area contributed by atoms with Crippen LogP contribution in [0.25, 0.3) is 10.9 Å². The van der Waals surface area contributed by atoms with Gasteiger partial charge in [0.15, 0.2) is 0 Å². The van der Waals surface area contributed by atoms with Gasteiger partial charge in [-0.2, -0.15) is 4.31 Å². The molecule has 1 atom stereocenters. The standard InChI is InChI=1S/C24H30N4O3S/c1-26(2)21-8-6-18(7-9-21)16-25-24(29)20-5-4-13-28(17-20)32(30,31)22-10-11-23-19(15-22)12-14-27(23)3/h6-12,14-15,20H,4-5,13,16-17H2,1-3H3,(H,25,29)/t20-/m0/s1. The molecule has 0 radical (unpaired) electrons. The van der Waals surface area contributed by atoms with Gasteiger partial charge in [-0.25, -0.2) is 8.42 Å². The Morgan fingerprint density at radius 2 is 1.88 bits per heavy atom. The normalized spacial score (nSPS) is 17.4. The number of fused-ring (bicyclic) bond motifs is 1. The molecule has 170 valence electrons. The third kappa shape index (κ3) is 4.52. The lowest BCUT2D eigenvalue weighted by Crippen LogP contribution is -2.45. The summed E-state index contributed by atoms with van der Waals surface area (Å²) < 4.78 is 29.9. The van der Waals surface area contributed by atoms with Crippen molar-refractivity contribution in [3.63, 3.8) is 0 Å². The molecule has 2 aromatic carbocycles. The zero-order valence-electron chi connectivity index (χ0n) is 18.8. The first-order valence-corrected chi connectivity index (χ1v) is 12.3. The van der Waals surface area contributed by atoms with Crippen LogP contribution in [-0.4, -0.2) is 50.4 Å². The number of hydrogen-bond donors (Lipinski definition) is 1. The Balaban J connectivity index is 1.41. The summed E-state index contributed by atoms with van der Waals surface area (Å²) in [4.78, 5) is 15.1. The minimum Gasteiger partial charge on any atom is -0.378 e. The third-order valence-electron chi connectivity index (χ3n) is 6.17. The van der Waals surface area contributed by atoms with Gasteiger partial charge in [0, 0.05) is 63.6 Å². The van der Waals surface area contributed by atoms with Gasteiger partial charge < -0.3 is 14.8 Å². The topological polar surface area (TPSA) is 74.7 Å².